The molecule has 2 N–H and O–H groups in total. The lowest BCUT2D eigenvalue weighted by molar-refractivity contribution is -0.203. The van der Waals surface area contributed by atoms with Gasteiger partial charge in [0.05, 0.1) is 5.41 Å². The monoisotopic (exact) mass is 305 g/mol. The van der Waals surface area contributed by atoms with E-state index < -0.39 is 41.0 Å². The van der Waals surface area contributed by atoms with Gasteiger partial charge in [-0.15, -0.1) is 0 Å². The van der Waals surface area contributed by atoms with E-state index in [1.54, 1.807) is 20.8 Å². The first-order valence-electron chi connectivity index (χ1n) is 7.04. The van der Waals surface area contributed by atoms with Crippen LogP contribution >= 0.6 is 0 Å². The molecule has 0 aromatic heterocycles. The van der Waals surface area contributed by atoms with Crippen LogP contribution in [0.5, 0.6) is 0 Å². The summed E-state index contributed by atoms with van der Waals surface area (Å²) in [5.74, 6) is -4.42. The third-order valence-electron chi connectivity index (χ3n) is 4.52. The Hall–Kier alpha value is -1.40. The summed E-state index contributed by atoms with van der Waals surface area (Å²) in [4.78, 5) is 23.1. The highest BCUT2D eigenvalue weighted by Crippen LogP contribution is 2.59. The number of halogens is 2. The molecule has 5 nitrogen and oxygen atoms in total. The average Bonchev–Trinajstić information content (AvgIpc) is 2.27. The number of ether oxygens (including phenoxy) is 1. The first-order valence-corrected chi connectivity index (χ1v) is 7.04. The molecule has 0 saturated heterocycles. The molecular formula is C14H21F2NO4. The Bertz CT molecular complexity index is 462. The molecule has 0 radical (unpaired) electrons. The van der Waals surface area contributed by atoms with E-state index in [-0.39, 0.29) is 25.7 Å². The highest BCUT2D eigenvalue weighted by molar-refractivity contribution is 5.76. The van der Waals surface area contributed by atoms with Gasteiger partial charge in [0.15, 0.2) is 0 Å². The number of rotatable bonds is 2. The van der Waals surface area contributed by atoms with Crippen molar-refractivity contribution in [3.8, 4) is 0 Å². The fourth-order valence-corrected chi connectivity index (χ4v) is 3.30. The predicted octanol–water partition coefficient (Wildman–Crippen LogP) is 2.93. The van der Waals surface area contributed by atoms with Gasteiger partial charge in [0.1, 0.15) is 11.1 Å². The van der Waals surface area contributed by atoms with Gasteiger partial charge in [0.25, 0.3) is 5.92 Å². The summed E-state index contributed by atoms with van der Waals surface area (Å²) in [6.45, 7) is 4.96. The van der Waals surface area contributed by atoms with Gasteiger partial charge in [0.2, 0.25) is 0 Å². The Labute approximate surface area is 122 Å². The molecule has 0 heterocycles. The second-order valence-electron chi connectivity index (χ2n) is 7.18. The van der Waals surface area contributed by atoms with Crippen molar-refractivity contribution in [2.45, 2.75) is 69.9 Å². The molecule has 0 atom stereocenters. The molecule has 3 fully saturated rings. The van der Waals surface area contributed by atoms with Crippen molar-refractivity contribution in [1.82, 2.24) is 5.32 Å². The molecule has 3 rings (SSSR count). The third-order valence-corrected chi connectivity index (χ3v) is 4.52. The van der Waals surface area contributed by atoms with E-state index in [1.807, 2.05) is 0 Å². The van der Waals surface area contributed by atoms with Crippen LogP contribution in [0.15, 0.2) is 0 Å². The number of aliphatic carboxylic acids is 1. The van der Waals surface area contributed by atoms with Crippen LogP contribution in [0.25, 0.3) is 0 Å². The number of alkyl halides is 2. The van der Waals surface area contributed by atoms with Gasteiger partial charge in [-0.3, -0.25) is 4.79 Å². The van der Waals surface area contributed by atoms with E-state index >= 15 is 0 Å². The van der Waals surface area contributed by atoms with Gasteiger partial charge >= 0.3 is 12.1 Å². The van der Waals surface area contributed by atoms with Crippen molar-refractivity contribution in [3.63, 3.8) is 0 Å². The highest BCUT2D eigenvalue weighted by atomic mass is 19.3. The van der Waals surface area contributed by atoms with E-state index in [1.165, 1.54) is 0 Å². The minimum Gasteiger partial charge on any atom is -0.481 e. The first kappa shape index (κ1) is 16.0. The molecule has 120 valence electrons. The Morgan fingerprint density at radius 1 is 1.14 bits per heavy atom. The standard InChI is InChI=1S/C14H21F2NO4/c1-11(2,3)21-10(20)17-13-6-4-12(5-7-13,9(18)19)8-14(13,15)16/h4-8H2,1-3H3,(H,17,20)(H,18,19). The largest absolute Gasteiger partial charge is 0.481 e. The minimum absolute atomic E-state index is 0.0501. The number of hydrogen-bond acceptors (Lipinski definition) is 3. The van der Waals surface area contributed by atoms with E-state index in [0.717, 1.165) is 0 Å². The maximum Gasteiger partial charge on any atom is 0.408 e. The number of hydrogen-bond donors (Lipinski definition) is 2. The smallest absolute Gasteiger partial charge is 0.408 e. The van der Waals surface area contributed by atoms with Gasteiger partial charge in [-0.2, -0.15) is 0 Å². The van der Waals surface area contributed by atoms with Crippen LogP contribution in [-0.4, -0.2) is 34.2 Å². The van der Waals surface area contributed by atoms with E-state index in [0.29, 0.717) is 0 Å². The molecule has 0 aliphatic heterocycles. The fraction of sp³-hybridized carbons (Fsp3) is 0.857. The molecule has 3 aliphatic rings. The zero-order chi connectivity index (χ0) is 16.1. The predicted molar refractivity (Wildman–Crippen MR) is 70.2 cm³/mol. The highest BCUT2D eigenvalue weighted by Gasteiger charge is 2.68. The van der Waals surface area contributed by atoms with Gasteiger partial charge in [0, 0.05) is 6.42 Å². The molecule has 0 aromatic carbocycles. The topological polar surface area (TPSA) is 75.6 Å². The number of nitrogens with one attached hydrogen (secondary N) is 1. The lowest BCUT2D eigenvalue weighted by Gasteiger charge is -2.55. The minimum atomic E-state index is -3.25. The van der Waals surface area contributed by atoms with Gasteiger partial charge < -0.3 is 15.2 Å². The fourth-order valence-electron chi connectivity index (χ4n) is 3.30. The summed E-state index contributed by atoms with van der Waals surface area (Å²) >= 11 is 0. The zero-order valence-electron chi connectivity index (χ0n) is 12.5. The molecule has 3 aliphatic carbocycles. The summed E-state index contributed by atoms with van der Waals surface area (Å²) in [7, 11) is 0. The molecule has 2 bridgehead atoms. The molecular weight excluding hydrogens is 284 g/mol. The van der Waals surface area contributed by atoms with E-state index in [2.05, 4.69) is 5.32 Å². The Balaban J connectivity index is 2.17. The molecule has 21 heavy (non-hydrogen) atoms. The van der Waals surface area contributed by atoms with Gasteiger partial charge in [-0.1, -0.05) is 0 Å². The van der Waals surface area contributed by atoms with E-state index in [4.69, 9.17) is 4.74 Å². The molecule has 1 amide bonds. The van der Waals surface area contributed by atoms with Gasteiger partial charge in [-0.25, -0.2) is 13.6 Å². The van der Waals surface area contributed by atoms with Crippen LogP contribution < -0.4 is 5.32 Å². The first-order chi connectivity index (χ1) is 9.42. The number of carbonyl (C=O) groups excluding carboxylic acids is 1. The van der Waals surface area contributed by atoms with Crippen molar-refractivity contribution >= 4 is 12.1 Å². The van der Waals surface area contributed by atoms with Crippen LogP contribution in [0.4, 0.5) is 13.6 Å². The number of carboxylic acids is 1. The summed E-state index contributed by atoms with van der Waals surface area (Å²) in [5, 5.41) is 11.5. The average molecular weight is 305 g/mol. The van der Waals surface area contributed by atoms with Crippen LogP contribution in [0.3, 0.4) is 0 Å². The summed E-state index contributed by atoms with van der Waals surface area (Å²) in [6, 6.07) is 0. The number of carbonyl (C=O) groups is 2. The Morgan fingerprint density at radius 2 is 1.67 bits per heavy atom. The number of fused-ring (bicyclic) bond motifs is 3. The molecule has 7 heteroatoms. The number of alkyl carbamates (subject to hydrolysis) is 1. The molecule has 3 saturated carbocycles. The number of amides is 1. The maximum absolute atomic E-state index is 14.4. The SMILES string of the molecule is CC(C)(C)OC(=O)NC12CCC(C(=O)O)(CC1)CC2(F)F. The van der Waals surface area contributed by atoms with Crippen molar-refractivity contribution in [2.75, 3.05) is 0 Å². The Morgan fingerprint density at radius 3 is 2.05 bits per heavy atom. The van der Waals surface area contributed by atoms with Crippen molar-refractivity contribution in [3.05, 3.63) is 0 Å². The second-order valence-corrected chi connectivity index (χ2v) is 7.18. The van der Waals surface area contributed by atoms with Crippen LogP contribution in [-0.2, 0) is 9.53 Å². The van der Waals surface area contributed by atoms with Crippen molar-refractivity contribution < 1.29 is 28.2 Å². The summed E-state index contributed by atoms with van der Waals surface area (Å²) in [5.41, 5.74) is -3.82. The summed E-state index contributed by atoms with van der Waals surface area (Å²) in [6.07, 6.45) is -1.42. The van der Waals surface area contributed by atoms with E-state index in [9.17, 15) is 23.5 Å². The van der Waals surface area contributed by atoms with Crippen LogP contribution in [0.1, 0.15) is 52.9 Å². The van der Waals surface area contributed by atoms with Crippen LogP contribution in [0.2, 0.25) is 0 Å². The van der Waals surface area contributed by atoms with Crippen LogP contribution in [0, 0.1) is 5.41 Å². The lowest BCUT2D eigenvalue weighted by atomic mass is 9.55. The molecule has 0 spiro atoms. The number of carboxylic acid groups (broad SMARTS) is 1. The molecule has 0 unspecified atom stereocenters. The normalized spacial score (nSPS) is 34.3. The second kappa shape index (κ2) is 4.55. The summed E-state index contributed by atoms with van der Waals surface area (Å²) < 4.78 is 33.9. The quantitative estimate of drug-likeness (QED) is 0.822. The Kier molecular flexibility index (Phi) is 3.46. The third kappa shape index (κ3) is 2.70. The van der Waals surface area contributed by atoms with Crippen molar-refractivity contribution in [1.29, 1.82) is 0 Å². The van der Waals surface area contributed by atoms with Gasteiger partial charge in [-0.05, 0) is 46.5 Å². The zero-order valence-corrected chi connectivity index (χ0v) is 12.5. The lowest BCUT2D eigenvalue weighted by Crippen LogP contribution is -2.69. The molecule has 0 aromatic rings. The van der Waals surface area contributed by atoms with Crippen molar-refractivity contribution in [2.24, 2.45) is 5.41 Å². The maximum atomic E-state index is 14.4.